The van der Waals surface area contributed by atoms with Crippen molar-refractivity contribution < 1.29 is 4.74 Å². The number of hydrogen-bond acceptors (Lipinski definition) is 2. The molecule has 0 amide bonds. The number of ether oxygens (including phenoxy) is 1. The van der Waals surface area contributed by atoms with E-state index < -0.39 is 0 Å². The lowest BCUT2D eigenvalue weighted by molar-refractivity contribution is 0.346. The van der Waals surface area contributed by atoms with Crippen molar-refractivity contribution in [3.05, 3.63) is 169 Å². The summed E-state index contributed by atoms with van der Waals surface area (Å²) in [5, 5.41) is 0. The van der Waals surface area contributed by atoms with Gasteiger partial charge in [-0.3, -0.25) is 0 Å². The van der Waals surface area contributed by atoms with E-state index >= 15 is 0 Å². The van der Waals surface area contributed by atoms with Gasteiger partial charge in [0.1, 0.15) is 11.5 Å². The number of fused-ring (bicyclic) bond motifs is 2. The van der Waals surface area contributed by atoms with Crippen LogP contribution in [0.1, 0.15) is 43.2 Å². The zero-order valence-corrected chi connectivity index (χ0v) is 25.5. The van der Waals surface area contributed by atoms with Gasteiger partial charge in [0.05, 0.1) is 0 Å². The quantitative estimate of drug-likeness (QED) is 0.182. The van der Waals surface area contributed by atoms with Gasteiger partial charge in [0, 0.05) is 22.5 Å². The summed E-state index contributed by atoms with van der Waals surface area (Å²) in [6.45, 7) is 0.156. The van der Waals surface area contributed by atoms with Crippen LogP contribution in [-0.4, -0.2) is 6.71 Å². The summed E-state index contributed by atoms with van der Waals surface area (Å²) in [6.07, 6.45) is 6.17. The molecule has 2 aliphatic rings. The number of nitrogens with zero attached hydrogens (tertiary/aromatic N) is 1. The summed E-state index contributed by atoms with van der Waals surface area (Å²) in [4.78, 5) is 2.34. The second-order valence-corrected chi connectivity index (χ2v) is 12.4. The number of hydrogen-bond donors (Lipinski definition) is 0. The Hall–Kier alpha value is -5.02. The van der Waals surface area contributed by atoms with Crippen LogP contribution < -0.4 is 26.0 Å². The van der Waals surface area contributed by atoms with Gasteiger partial charge in [-0.05, 0) is 83.4 Å². The third kappa shape index (κ3) is 5.03. The largest absolute Gasteiger partial charge is 0.458 e. The molecule has 1 fully saturated rings. The zero-order valence-electron chi connectivity index (χ0n) is 25.5. The third-order valence-electron chi connectivity index (χ3n) is 9.89. The molecule has 6 aromatic carbocycles. The monoisotopic (exact) mass is 581 g/mol. The normalized spacial score (nSPS) is 15.0. The highest BCUT2D eigenvalue weighted by atomic mass is 16.5. The van der Waals surface area contributed by atoms with Gasteiger partial charge in [-0.15, -0.1) is 0 Å². The number of para-hydroxylation sites is 4. The summed E-state index contributed by atoms with van der Waals surface area (Å²) in [7, 11) is 0. The minimum atomic E-state index is 0.0190. The summed E-state index contributed by atoms with van der Waals surface area (Å²) in [6, 6.07) is 57.2. The van der Waals surface area contributed by atoms with Crippen LogP contribution in [0, 0.1) is 0 Å². The Balaban J connectivity index is 1.16. The standard InChI is InChI=1S/C42H36BNO/c1-4-14-35(15-5-1)44(36-16-6-2-7-17-36)37-28-24-33(25-29-37)42(30-12-3-13-31-42)32-22-26-34(27-23-32)43-38-18-8-10-20-40(38)45-41-21-11-9-19-39(41)43/h1-2,4-11,14-29H,3,12-13,30-31H2. The molecule has 6 aromatic rings. The van der Waals surface area contributed by atoms with Crippen molar-refractivity contribution in [2.75, 3.05) is 4.90 Å². The SMILES string of the molecule is c1ccc(N(c2ccccc2)c2ccc(C3(c4ccc(B5c6ccccc6Oc6ccccc65)cc4)CCCCC3)cc2)cc1. The van der Waals surface area contributed by atoms with Crippen LogP contribution in [0.15, 0.2) is 158 Å². The molecule has 0 N–H and O–H groups in total. The second-order valence-electron chi connectivity index (χ2n) is 12.4. The Labute approximate surface area is 267 Å². The minimum absolute atomic E-state index is 0.0190. The van der Waals surface area contributed by atoms with E-state index in [1.165, 1.54) is 65.3 Å². The minimum Gasteiger partial charge on any atom is -0.458 e. The Bertz CT molecular complexity index is 1810. The van der Waals surface area contributed by atoms with Crippen LogP contribution in [0.3, 0.4) is 0 Å². The summed E-state index contributed by atoms with van der Waals surface area (Å²) in [5.74, 6) is 1.91. The highest BCUT2D eigenvalue weighted by molar-refractivity contribution is 6.96. The first-order valence-electron chi connectivity index (χ1n) is 16.3. The molecule has 8 rings (SSSR count). The number of rotatable bonds is 6. The average Bonchev–Trinajstić information content (AvgIpc) is 3.12. The van der Waals surface area contributed by atoms with Gasteiger partial charge in [-0.25, -0.2) is 0 Å². The number of benzene rings is 6. The van der Waals surface area contributed by atoms with Crippen molar-refractivity contribution in [2.24, 2.45) is 0 Å². The number of anilines is 3. The Morgan fingerprint density at radius 3 is 1.42 bits per heavy atom. The molecule has 218 valence electrons. The van der Waals surface area contributed by atoms with Crippen LogP contribution in [0.5, 0.6) is 11.5 Å². The average molecular weight is 582 g/mol. The molecular formula is C42H36BNO. The van der Waals surface area contributed by atoms with Crippen molar-refractivity contribution in [2.45, 2.75) is 37.5 Å². The summed E-state index contributed by atoms with van der Waals surface area (Å²) in [5.41, 5.74) is 10.1. The third-order valence-corrected chi connectivity index (χ3v) is 9.89. The molecule has 0 bridgehead atoms. The lowest BCUT2D eigenvalue weighted by Crippen LogP contribution is -2.54. The van der Waals surface area contributed by atoms with Crippen molar-refractivity contribution >= 4 is 40.2 Å². The summed E-state index contributed by atoms with van der Waals surface area (Å²) >= 11 is 0. The first-order chi connectivity index (χ1) is 22.3. The molecule has 0 atom stereocenters. The molecule has 1 saturated carbocycles. The molecule has 1 aliphatic heterocycles. The maximum absolute atomic E-state index is 6.30. The predicted octanol–water partition coefficient (Wildman–Crippen LogP) is 9.03. The van der Waals surface area contributed by atoms with E-state index in [0.29, 0.717) is 0 Å². The van der Waals surface area contributed by atoms with Crippen molar-refractivity contribution in [1.29, 1.82) is 0 Å². The molecule has 0 spiro atoms. The van der Waals surface area contributed by atoms with Gasteiger partial charge >= 0.3 is 0 Å². The molecule has 0 radical (unpaired) electrons. The van der Waals surface area contributed by atoms with Crippen molar-refractivity contribution in [3.8, 4) is 11.5 Å². The smallest absolute Gasteiger partial charge is 0.250 e. The molecule has 2 nitrogen and oxygen atoms in total. The molecule has 3 heteroatoms. The molecule has 0 unspecified atom stereocenters. The van der Waals surface area contributed by atoms with E-state index in [0.717, 1.165) is 22.9 Å². The molecule has 1 heterocycles. The maximum atomic E-state index is 6.30. The fraction of sp³-hybridized carbons (Fsp3) is 0.143. The Morgan fingerprint density at radius 2 is 0.889 bits per heavy atom. The maximum Gasteiger partial charge on any atom is 0.250 e. The lowest BCUT2D eigenvalue weighted by Gasteiger charge is -2.39. The second kappa shape index (κ2) is 11.8. The van der Waals surface area contributed by atoms with Gasteiger partial charge in [-0.2, -0.15) is 0 Å². The Kier molecular flexibility index (Phi) is 7.23. The Morgan fingerprint density at radius 1 is 0.444 bits per heavy atom. The van der Waals surface area contributed by atoms with Crippen molar-refractivity contribution in [3.63, 3.8) is 0 Å². The molecule has 0 saturated heterocycles. The van der Waals surface area contributed by atoms with E-state index in [1.807, 2.05) is 0 Å². The highest BCUT2D eigenvalue weighted by Gasteiger charge is 2.37. The van der Waals surface area contributed by atoms with Crippen LogP contribution >= 0.6 is 0 Å². The molecule has 1 aliphatic carbocycles. The van der Waals surface area contributed by atoms with Crippen LogP contribution in [0.4, 0.5) is 17.1 Å². The molecular weight excluding hydrogens is 545 g/mol. The van der Waals surface area contributed by atoms with E-state index in [4.69, 9.17) is 4.74 Å². The fourth-order valence-corrected chi connectivity index (χ4v) is 7.69. The summed E-state index contributed by atoms with van der Waals surface area (Å²) < 4.78 is 6.30. The highest BCUT2D eigenvalue weighted by Crippen LogP contribution is 2.46. The lowest BCUT2D eigenvalue weighted by atomic mass is 9.36. The van der Waals surface area contributed by atoms with Gasteiger partial charge in [0.2, 0.25) is 0 Å². The van der Waals surface area contributed by atoms with Crippen LogP contribution in [0.2, 0.25) is 0 Å². The first kappa shape index (κ1) is 27.5. The van der Waals surface area contributed by atoms with E-state index in [2.05, 4.69) is 163 Å². The first-order valence-corrected chi connectivity index (χ1v) is 16.3. The van der Waals surface area contributed by atoms with E-state index in [-0.39, 0.29) is 12.1 Å². The van der Waals surface area contributed by atoms with E-state index in [1.54, 1.807) is 0 Å². The van der Waals surface area contributed by atoms with Gasteiger partial charge < -0.3 is 9.64 Å². The van der Waals surface area contributed by atoms with Gasteiger partial charge in [0.25, 0.3) is 6.71 Å². The fourth-order valence-electron chi connectivity index (χ4n) is 7.69. The predicted molar refractivity (Wildman–Crippen MR) is 189 cm³/mol. The van der Waals surface area contributed by atoms with Gasteiger partial charge in [-0.1, -0.05) is 134 Å². The van der Waals surface area contributed by atoms with Crippen LogP contribution in [-0.2, 0) is 5.41 Å². The topological polar surface area (TPSA) is 12.5 Å². The van der Waals surface area contributed by atoms with Gasteiger partial charge in [0.15, 0.2) is 0 Å². The molecule has 45 heavy (non-hydrogen) atoms. The van der Waals surface area contributed by atoms with E-state index in [9.17, 15) is 0 Å². The molecule has 0 aromatic heterocycles. The zero-order chi connectivity index (χ0) is 30.1. The van der Waals surface area contributed by atoms with Crippen LogP contribution in [0.25, 0.3) is 0 Å². The van der Waals surface area contributed by atoms with Crippen molar-refractivity contribution in [1.82, 2.24) is 0 Å².